The normalized spacial score (nSPS) is 15.0. The van der Waals surface area contributed by atoms with Crippen LogP contribution in [0.4, 0.5) is 0 Å². The van der Waals surface area contributed by atoms with Gasteiger partial charge in [-0.3, -0.25) is 4.90 Å². The maximum Gasteiger partial charge on any atom is 0.343 e. The smallest absolute Gasteiger partial charge is 0.343 e. The van der Waals surface area contributed by atoms with Crippen molar-refractivity contribution in [2.75, 3.05) is 46.6 Å². The van der Waals surface area contributed by atoms with Crippen LogP contribution in [0.3, 0.4) is 0 Å². The maximum atomic E-state index is 12.2. The summed E-state index contributed by atoms with van der Waals surface area (Å²) in [6, 6.07) is 3.12. The van der Waals surface area contributed by atoms with E-state index in [0.29, 0.717) is 24.8 Å². The highest BCUT2D eigenvalue weighted by atomic mass is 35.5. The topological polar surface area (TPSA) is 48.0 Å². The van der Waals surface area contributed by atoms with Crippen LogP contribution in [0.25, 0.3) is 0 Å². The van der Waals surface area contributed by atoms with Gasteiger partial charge >= 0.3 is 5.97 Å². The minimum atomic E-state index is -0.535. The largest absolute Gasteiger partial charge is 0.494 e. The SMILES string of the molecule is COc1c(Cl)ccc(Cl)c1C(=O)OCCN1CCOCC1.Cl. The first-order chi connectivity index (χ1) is 10.1. The van der Waals surface area contributed by atoms with E-state index in [4.69, 9.17) is 37.4 Å². The van der Waals surface area contributed by atoms with Gasteiger partial charge < -0.3 is 14.2 Å². The van der Waals surface area contributed by atoms with Gasteiger partial charge in [-0.2, -0.15) is 0 Å². The first kappa shape index (κ1) is 19.3. The standard InChI is InChI=1S/C14H17Cl2NO4.ClH/c1-19-13-11(16)3-2-10(15)12(13)14(18)21-9-6-17-4-7-20-8-5-17;/h2-3H,4-9H2,1H3;1H. The van der Waals surface area contributed by atoms with Crippen LogP contribution in [0.1, 0.15) is 10.4 Å². The Balaban J connectivity index is 0.00000242. The molecule has 8 heteroatoms. The van der Waals surface area contributed by atoms with Crippen molar-refractivity contribution in [1.82, 2.24) is 4.90 Å². The molecule has 0 bridgehead atoms. The van der Waals surface area contributed by atoms with Crippen molar-refractivity contribution in [2.24, 2.45) is 0 Å². The van der Waals surface area contributed by atoms with E-state index in [1.54, 1.807) is 12.1 Å². The summed E-state index contributed by atoms with van der Waals surface area (Å²) >= 11 is 12.0. The number of carbonyl (C=O) groups excluding carboxylic acids is 1. The van der Waals surface area contributed by atoms with Gasteiger partial charge in [0.15, 0.2) is 5.75 Å². The minimum Gasteiger partial charge on any atom is -0.494 e. The van der Waals surface area contributed by atoms with Crippen molar-refractivity contribution in [3.05, 3.63) is 27.7 Å². The molecular weight excluding hydrogens is 353 g/mol. The predicted octanol–water partition coefficient (Wildman–Crippen LogP) is 2.91. The number of halogens is 3. The Kier molecular flexibility index (Phi) is 8.28. The molecule has 0 atom stereocenters. The van der Waals surface area contributed by atoms with Gasteiger partial charge in [-0.05, 0) is 12.1 Å². The highest BCUT2D eigenvalue weighted by Gasteiger charge is 2.21. The summed E-state index contributed by atoms with van der Waals surface area (Å²) in [5.41, 5.74) is 0.161. The Hall–Kier alpha value is -0.720. The molecule has 124 valence electrons. The van der Waals surface area contributed by atoms with E-state index in [1.807, 2.05) is 0 Å². The molecule has 0 spiro atoms. The first-order valence-corrected chi connectivity index (χ1v) is 7.38. The van der Waals surface area contributed by atoms with Crippen LogP contribution in [0.2, 0.25) is 10.0 Å². The highest BCUT2D eigenvalue weighted by Crippen LogP contribution is 2.34. The van der Waals surface area contributed by atoms with Crippen molar-refractivity contribution in [3.8, 4) is 5.75 Å². The van der Waals surface area contributed by atoms with E-state index in [1.165, 1.54) is 7.11 Å². The van der Waals surface area contributed by atoms with Gasteiger partial charge in [0.2, 0.25) is 0 Å². The van der Waals surface area contributed by atoms with E-state index in [0.717, 1.165) is 13.1 Å². The summed E-state index contributed by atoms with van der Waals surface area (Å²) < 4.78 is 15.7. The fourth-order valence-corrected chi connectivity index (χ4v) is 2.55. The minimum absolute atomic E-state index is 0. The van der Waals surface area contributed by atoms with E-state index in [2.05, 4.69) is 4.90 Å². The molecule has 0 amide bonds. The second-order valence-electron chi connectivity index (χ2n) is 4.53. The van der Waals surface area contributed by atoms with E-state index in [9.17, 15) is 4.79 Å². The number of carbonyl (C=O) groups is 1. The Morgan fingerprint density at radius 3 is 2.55 bits per heavy atom. The van der Waals surface area contributed by atoms with E-state index in [-0.39, 0.29) is 35.3 Å². The number of ether oxygens (including phenoxy) is 3. The van der Waals surface area contributed by atoms with Gasteiger partial charge in [-0.25, -0.2) is 4.79 Å². The molecule has 1 aliphatic heterocycles. The van der Waals surface area contributed by atoms with E-state index < -0.39 is 5.97 Å². The molecule has 1 aliphatic rings. The van der Waals surface area contributed by atoms with Crippen LogP contribution in [-0.4, -0.2) is 57.4 Å². The molecule has 5 nitrogen and oxygen atoms in total. The van der Waals surface area contributed by atoms with Gasteiger partial charge in [0.05, 0.1) is 30.4 Å². The van der Waals surface area contributed by atoms with Crippen molar-refractivity contribution < 1.29 is 19.0 Å². The Labute approximate surface area is 145 Å². The summed E-state index contributed by atoms with van der Waals surface area (Å²) in [5, 5.41) is 0.578. The fraction of sp³-hybridized carbons (Fsp3) is 0.500. The quantitative estimate of drug-likeness (QED) is 0.746. The second kappa shape index (κ2) is 9.43. The maximum absolute atomic E-state index is 12.2. The molecule has 22 heavy (non-hydrogen) atoms. The summed E-state index contributed by atoms with van der Waals surface area (Å²) in [6.45, 7) is 4.06. The van der Waals surface area contributed by atoms with Gasteiger partial charge in [0.25, 0.3) is 0 Å². The molecule has 1 fully saturated rings. The average Bonchev–Trinajstić information content (AvgIpc) is 2.50. The molecule has 1 aromatic carbocycles. The molecule has 1 heterocycles. The molecule has 2 rings (SSSR count). The third-order valence-corrected chi connectivity index (χ3v) is 3.82. The Morgan fingerprint density at radius 1 is 1.27 bits per heavy atom. The van der Waals surface area contributed by atoms with Crippen molar-refractivity contribution >= 4 is 41.6 Å². The number of esters is 1. The lowest BCUT2D eigenvalue weighted by Gasteiger charge is -2.26. The molecule has 1 saturated heterocycles. The highest BCUT2D eigenvalue weighted by molar-refractivity contribution is 6.37. The zero-order valence-corrected chi connectivity index (χ0v) is 14.5. The summed E-state index contributed by atoms with van der Waals surface area (Å²) in [7, 11) is 1.43. The number of benzene rings is 1. The summed E-state index contributed by atoms with van der Waals surface area (Å²) in [5.74, 6) is -0.298. The second-order valence-corrected chi connectivity index (χ2v) is 5.34. The van der Waals surface area contributed by atoms with Crippen LogP contribution < -0.4 is 4.74 Å². The van der Waals surface area contributed by atoms with Crippen LogP contribution >= 0.6 is 35.6 Å². The number of morpholine rings is 1. The third kappa shape index (κ3) is 4.89. The Morgan fingerprint density at radius 2 is 1.91 bits per heavy atom. The molecule has 0 unspecified atom stereocenters. The number of methoxy groups -OCH3 is 1. The van der Waals surface area contributed by atoms with Crippen molar-refractivity contribution in [1.29, 1.82) is 0 Å². The molecule has 0 radical (unpaired) electrons. The fourth-order valence-electron chi connectivity index (χ4n) is 2.09. The van der Waals surface area contributed by atoms with Crippen molar-refractivity contribution in [2.45, 2.75) is 0 Å². The number of rotatable bonds is 5. The van der Waals surface area contributed by atoms with Gasteiger partial charge in [-0.15, -0.1) is 12.4 Å². The molecule has 1 aromatic rings. The molecule has 0 aromatic heterocycles. The lowest BCUT2D eigenvalue weighted by Crippen LogP contribution is -2.38. The zero-order chi connectivity index (χ0) is 15.2. The first-order valence-electron chi connectivity index (χ1n) is 6.62. The lowest BCUT2D eigenvalue weighted by atomic mass is 10.2. The van der Waals surface area contributed by atoms with Gasteiger partial charge in [0, 0.05) is 19.6 Å². The van der Waals surface area contributed by atoms with Gasteiger partial charge in [0.1, 0.15) is 12.2 Å². The molecule has 0 saturated carbocycles. The number of hydrogen-bond donors (Lipinski definition) is 0. The summed E-state index contributed by atoms with van der Waals surface area (Å²) in [6.07, 6.45) is 0. The average molecular weight is 371 g/mol. The van der Waals surface area contributed by atoms with Crippen molar-refractivity contribution in [3.63, 3.8) is 0 Å². The number of hydrogen-bond acceptors (Lipinski definition) is 5. The predicted molar refractivity (Wildman–Crippen MR) is 87.8 cm³/mol. The summed E-state index contributed by atoms with van der Waals surface area (Å²) in [4.78, 5) is 14.3. The molecule has 0 N–H and O–H groups in total. The third-order valence-electron chi connectivity index (χ3n) is 3.21. The number of nitrogens with zero attached hydrogens (tertiary/aromatic N) is 1. The molecular formula is C14H18Cl3NO4. The lowest BCUT2D eigenvalue weighted by molar-refractivity contribution is 0.0194. The van der Waals surface area contributed by atoms with Crippen LogP contribution in [-0.2, 0) is 9.47 Å². The van der Waals surface area contributed by atoms with Gasteiger partial charge in [-0.1, -0.05) is 23.2 Å². The van der Waals surface area contributed by atoms with E-state index >= 15 is 0 Å². The van der Waals surface area contributed by atoms with Crippen LogP contribution in [0, 0.1) is 0 Å². The Bertz CT molecular complexity index is 507. The van der Waals surface area contributed by atoms with Crippen LogP contribution in [0.5, 0.6) is 5.75 Å². The zero-order valence-electron chi connectivity index (χ0n) is 12.1. The monoisotopic (exact) mass is 369 g/mol. The van der Waals surface area contributed by atoms with Crippen LogP contribution in [0.15, 0.2) is 12.1 Å². The molecule has 0 aliphatic carbocycles.